The molecule has 0 N–H and O–H groups in total. The molecule has 0 unspecified atom stereocenters. The monoisotopic (exact) mass is 249 g/mol. The van der Waals surface area contributed by atoms with Gasteiger partial charge in [0.15, 0.2) is 0 Å². The molecule has 2 rings (SSSR count). The summed E-state index contributed by atoms with van der Waals surface area (Å²) in [5, 5.41) is 0. The van der Waals surface area contributed by atoms with Gasteiger partial charge in [0.05, 0.1) is 4.47 Å². The third-order valence-electron chi connectivity index (χ3n) is 1.95. The highest BCUT2D eigenvalue weighted by molar-refractivity contribution is 9.10. The highest BCUT2D eigenvalue weighted by Gasteiger charge is 2.06. The molecule has 0 fully saturated rings. The zero-order chi connectivity index (χ0) is 9.97. The minimum absolute atomic E-state index is 0.250. The van der Waals surface area contributed by atoms with Gasteiger partial charge in [-0.25, -0.2) is 4.39 Å². The molecule has 0 spiro atoms. The third-order valence-corrected chi connectivity index (χ3v) is 2.76. The largest absolute Gasteiger partial charge is 0.206 e. The molecule has 0 nitrogen and oxygen atoms in total. The molecule has 1 radical (unpaired) electrons. The molecule has 0 heterocycles. The van der Waals surface area contributed by atoms with E-state index in [4.69, 9.17) is 0 Å². The van der Waals surface area contributed by atoms with Crippen molar-refractivity contribution in [1.29, 1.82) is 0 Å². The molecule has 14 heavy (non-hydrogen) atoms. The highest BCUT2D eigenvalue weighted by Crippen LogP contribution is 2.29. The van der Waals surface area contributed by atoms with Crippen LogP contribution in [0.15, 0.2) is 46.9 Å². The van der Waals surface area contributed by atoms with Crippen molar-refractivity contribution >= 4 is 15.9 Å². The topological polar surface area (TPSA) is 0 Å². The first-order valence-corrected chi connectivity index (χ1v) is 4.99. The molecule has 69 valence electrons. The Morgan fingerprint density at radius 3 is 2.64 bits per heavy atom. The quantitative estimate of drug-likeness (QED) is 0.716. The minimum atomic E-state index is -0.250. The molecule has 0 bridgehead atoms. The maximum absolute atomic E-state index is 13.2. The van der Waals surface area contributed by atoms with Gasteiger partial charge >= 0.3 is 0 Å². The standard InChI is InChI=1S/C12H7BrF/c13-12-10(7-4-8-11(12)14)9-5-2-1-3-6-9/h1-5,7-8H. The van der Waals surface area contributed by atoms with Crippen LogP contribution in [-0.2, 0) is 0 Å². The lowest BCUT2D eigenvalue weighted by molar-refractivity contribution is 0.622. The van der Waals surface area contributed by atoms with Gasteiger partial charge in [-0.3, -0.25) is 0 Å². The van der Waals surface area contributed by atoms with Gasteiger partial charge in [-0.2, -0.15) is 0 Å². The van der Waals surface area contributed by atoms with Crippen LogP contribution in [0.3, 0.4) is 0 Å². The van der Waals surface area contributed by atoms with E-state index in [0.717, 1.165) is 11.1 Å². The van der Waals surface area contributed by atoms with E-state index < -0.39 is 0 Å². The Balaban J connectivity index is 2.58. The van der Waals surface area contributed by atoms with E-state index in [2.05, 4.69) is 22.0 Å². The van der Waals surface area contributed by atoms with Gasteiger partial charge in [0, 0.05) is 0 Å². The van der Waals surface area contributed by atoms with Crippen molar-refractivity contribution in [2.45, 2.75) is 0 Å². The number of rotatable bonds is 1. The summed E-state index contributed by atoms with van der Waals surface area (Å²) in [6.07, 6.45) is 0. The van der Waals surface area contributed by atoms with Gasteiger partial charge < -0.3 is 0 Å². The fourth-order valence-electron chi connectivity index (χ4n) is 1.27. The lowest BCUT2D eigenvalue weighted by Gasteiger charge is -2.04. The van der Waals surface area contributed by atoms with E-state index in [0.29, 0.717) is 4.47 Å². The Bertz CT molecular complexity index is 437. The van der Waals surface area contributed by atoms with E-state index in [1.807, 2.05) is 30.3 Å². The van der Waals surface area contributed by atoms with Crippen LogP contribution in [0.5, 0.6) is 0 Å². The highest BCUT2D eigenvalue weighted by atomic mass is 79.9. The van der Waals surface area contributed by atoms with Gasteiger partial charge in [0.25, 0.3) is 0 Å². The summed E-state index contributed by atoms with van der Waals surface area (Å²) in [4.78, 5) is 0. The second-order valence-corrected chi connectivity index (χ2v) is 3.67. The molecule has 0 atom stereocenters. The maximum atomic E-state index is 13.2. The average molecular weight is 250 g/mol. The molecule has 0 saturated heterocycles. The van der Waals surface area contributed by atoms with Crippen LogP contribution in [0.4, 0.5) is 4.39 Å². The summed E-state index contributed by atoms with van der Waals surface area (Å²) < 4.78 is 13.7. The van der Waals surface area contributed by atoms with Crippen molar-refractivity contribution in [3.63, 3.8) is 0 Å². The van der Waals surface area contributed by atoms with Crippen molar-refractivity contribution in [3.05, 3.63) is 58.8 Å². The van der Waals surface area contributed by atoms with E-state index >= 15 is 0 Å². The Kier molecular flexibility index (Phi) is 2.64. The summed E-state index contributed by atoms with van der Waals surface area (Å²) >= 11 is 3.22. The molecule has 0 aliphatic rings. The molecule has 0 amide bonds. The second-order valence-electron chi connectivity index (χ2n) is 2.88. The molecular weight excluding hydrogens is 243 g/mol. The predicted molar refractivity (Wildman–Crippen MR) is 58.4 cm³/mol. The fraction of sp³-hybridized carbons (Fsp3) is 0. The summed E-state index contributed by atoms with van der Waals surface area (Å²) in [5.74, 6) is -0.250. The van der Waals surface area contributed by atoms with Crippen molar-refractivity contribution in [2.24, 2.45) is 0 Å². The Labute approximate surface area is 90.5 Å². The van der Waals surface area contributed by atoms with E-state index in [-0.39, 0.29) is 5.82 Å². The number of benzene rings is 2. The zero-order valence-electron chi connectivity index (χ0n) is 7.30. The van der Waals surface area contributed by atoms with Gasteiger partial charge in [0.2, 0.25) is 0 Å². The van der Waals surface area contributed by atoms with Crippen LogP contribution in [0.25, 0.3) is 11.1 Å². The van der Waals surface area contributed by atoms with E-state index in [1.54, 1.807) is 6.07 Å². The van der Waals surface area contributed by atoms with Gasteiger partial charge in [0.1, 0.15) is 5.82 Å². The van der Waals surface area contributed by atoms with Crippen molar-refractivity contribution in [1.82, 2.24) is 0 Å². The van der Waals surface area contributed by atoms with Crippen molar-refractivity contribution in [2.75, 3.05) is 0 Å². The molecule has 0 aromatic heterocycles. The van der Waals surface area contributed by atoms with Crippen molar-refractivity contribution in [3.8, 4) is 11.1 Å². The summed E-state index contributed by atoms with van der Waals surface area (Å²) in [6.45, 7) is 0. The molecule has 0 saturated carbocycles. The normalized spacial score (nSPS) is 10.1. The maximum Gasteiger partial charge on any atom is 0.138 e. The number of hydrogen-bond acceptors (Lipinski definition) is 0. The van der Waals surface area contributed by atoms with Crippen LogP contribution in [-0.4, -0.2) is 0 Å². The smallest absolute Gasteiger partial charge is 0.138 e. The Morgan fingerprint density at radius 1 is 1.07 bits per heavy atom. The predicted octanol–water partition coefficient (Wildman–Crippen LogP) is 4.06. The van der Waals surface area contributed by atoms with Crippen LogP contribution in [0, 0.1) is 11.9 Å². The van der Waals surface area contributed by atoms with Gasteiger partial charge in [-0.1, -0.05) is 36.4 Å². The summed E-state index contributed by atoms with van der Waals surface area (Å²) in [5.41, 5.74) is 1.71. The van der Waals surface area contributed by atoms with Gasteiger partial charge in [-0.15, -0.1) is 0 Å². The molecule has 0 aliphatic heterocycles. The Hall–Kier alpha value is -1.15. The minimum Gasteiger partial charge on any atom is -0.206 e. The molecule has 2 heteroatoms. The lowest BCUT2D eigenvalue weighted by atomic mass is 10.1. The number of halogens is 2. The third kappa shape index (κ3) is 1.70. The number of hydrogen-bond donors (Lipinski definition) is 0. The van der Waals surface area contributed by atoms with Crippen molar-refractivity contribution < 1.29 is 4.39 Å². The van der Waals surface area contributed by atoms with Crippen LogP contribution >= 0.6 is 15.9 Å². The molecular formula is C12H7BrF. The van der Waals surface area contributed by atoms with E-state index in [9.17, 15) is 4.39 Å². The fourth-order valence-corrected chi connectivity index (χ4v) is 1.75. The second kappa shape index (κ2) is 3.93. The molecule has 2 aromatic carbocycles. The molecule has 2 aromatic rings. The van der Waals surface area contributed by atoms with Gasteiger partial charge in [-0.05, 0) is 39.2 Å². The lowest BCUT2D eigenvalue weighted by Crippen LogP contribution is -1.83. The first-order chi connectivity index (χ1) is 6.79. The average Bonchev–Trinajstić information content (AvgIpc) is 2.23. The van der Waals surface area contributed by atoms with Crippen LogP contribution in [0.1, 0.15) is 0 Å². The van der Waals surface area contributed by atoms with Crippen LogP contribution < -0.4 is 0 Å². The van der Waals surface area contributed by atoms with Crippen LogP contribution in [0.2, 0.25) is 0 Å². The summed E-state index contributed by atoms with van der Waals surface area (Å²) in [7, 11) is 0. The van der Waals surface area contributed by atoms with E-state index in [1.165, 1.54) is 6.07 Å². The first kappa shape index (κ1) is 9.41. The SMILES string of the molecule is Fc1cccc(-c2[c]cccc2)c1Br. The first-order valence-electron chi connectivity index (χ1n) is 4.20. The molecule has 0 aliphatic carbocycles. The Morgan fingerprint density at radius 2 is 1.93 bits per heavy atom. The zero-order valence-corrected chi connectivity index (χ0v) is 8.88. The summed E-state index contributed by atoms with van der Waals surface area (Å²) in [6, 6.07) is 15.5.